The summed E-state index contributed by atoms with van der Waals surface area (Å²) in [6, 6.07) is 6.24. The number of halogens is 1. The summed E-state index contributed by atoms with van der Waals surface area (Å²) in [5.41, 5.74) is 0.369. The number of anilines is 1. The van der Waals surface area contributed by atoms with Crippen LogP contribution in [0.1, 0.15) is 0 Å². The molecule has 7 heteroatoms. The third-order valence-electron chi connectivity index (χ3n) is 1.94. The van der Waals surface area contributed by atoms with E-state index >= 15 is 0 Å². The molecule has 1 aromatic rings. The molecule has 1 aromatic carbocycles. The summed E-state index contributed by atoms with van der Waals surface area (Å²) in [6.07, 6.45) is 0. The Labute approximate surface area is 108 Å². The number of benzene rings is 1. The zero-order chi connectivity index (χ0) is 13.5. The van der Waals surface area contributed by atoms with Crippen molar-refractivity contribution in [2.45, 2.75) is 0 Å². The minimum absolute atomic E-state index is 0.226. The van der Waals surface area contributed by atoms with Gasteiger partial charge in [0.15, 0.2) is 0 Å². The van der Waals surface area contributed by atoms with Crippen LogP contribution in [-0.4, -0.2) is 25.5 Å². The molecule has 0 bridgehead atoms. The molecule has 0 radical (unpaired) electrons. The Morgan fingerprint density at radius 1 is 1.44 bits per heavy atom. The van der Waals surface area contributed by atoms with Crippen molar-refractivity contribution in [2.24, 2.45) is 0 Å². The van der Waals surface area contributed by atoms with E-state index in [0.717, 1.165) is 0 Å². The highest BCUT2D eigenvalue weighted by Crippen LogP contribution is 2.27. The van der Waals surface area contributed by atoms with Crippen molar-refractivity contribution in [1.82, 2.24) is 5.32 Å². The van der Waals surface area contributed by atoms with Crippen LogP contribution in [0, 0.1) is 11.3 Å². The van der Waals surface area contributed by atoms with Crippen LogP contribution in [0.2, 0.25) is 5.02 Å². The fourth-order valence-corrected chi connectivity index (χ4v) is 1.32. The Kier molecular flexibility index (Phi) is 4.96. The van der Waals surface area contributed by atoms with Crippen LogP contribution < -0.4 is 15.4 Å². The van der Waals surface area contributed by atoms with Gasteiger partial charge in [0, 0.05) is 11.8 Å². The summed E-state index contributed by atoms with van der Waals surface area (Å²) in [4.78, 5) is 22.6. The predicted molar refractivity (Wildman–Crippen MR) is 65.3 cm³/mol. The number of hydrogen-bond acceptors (Lipinski definition) is 4. The minimum Gasteiger partial charge on any atom is -0.495 e. The number of carbonyl (C=O) groups is 2. The fraction of sp³-hybridized carbons (Fsp3) is 0.182. The second-order valence-electron chi connectivity index (χ2n) is 3.14. The zero-order valence-electron chi connectivity index (χ0n) is 9.49. The second-order valence-corrected chi connectivity index (χ2v) is 3.55. The predicted octanol–water partition coefficient (Wildman–Crippen LogP) is 0.927. The lowest BCUT2D eigenvalue weighted by Crippen LogP contribution is -2.35. The molecule has 0 saturated heterocycles. The van der Waals surface area contributed by atoms with Crippen LogP contribution in [-0.2, 0) is 9.59 Å². The summed E-state index contributed by atoms with van der Waals surface area (Å²) in [6.45, 7) is -0.226. The number of ether oxygens (including phenoxy) is 1. The van der Waals surface area contributed by atoms with Crippen molar-refractivity contribution in [3.8, 4) is 11.8 Å². The summed E-state index contributed by atoms with van der Waals surface area (Å²) in [7, 11) is 1.44. The molecule has 0 aliphatic carbocycles. The quantitative estimate of drug-likeness (QED) is 0.629. The van der Waals surface area contributed by atoms with E-state index in [1.165, 1.54) is 25.3 Å². The number of nitrogens with one attached hydrogen (secondary N) is 2. The summed E-state index contributed by atoms with van der Waals surface area (Å²) >= 11 is 5.81. The van der Waals surface area contributed by atoms with E-state index < -0.39 is 11.8 Å². The van der Waals surface area contributed by atoms with Crippen molar-refractivity contribution in [3.63, 3.8) is 0 Å². The number of nitriles is 1. The molecule has 2 N–H and O–H groups in total. The number of nitrogens with zero attached hydrogens (tertiary/aromatic N) is 1. The first kappa shape index (κ1) is 13.8. The topological polar surface area (TPSA) is 91.2 Å². The Morgan fingerprint density at radius 2 is 2.17 bits per heavy atom. The van der Waals surface area contributed by atoms with Gasteiger partial charge in [0.25, 0.3) is 0 Å². The summed E-state index contributed by atoms with van der Waals surface area (Å²) in [5, 5.41) is 13.1. The van der Waals surface area contributed by atoms with Crippen LogP contribution in [0.25, 0.3) is 0 Å². The van der Waals surface area contributed by atoms with Crippen molar-refractivity contribution < 1.29 is 14.3 Å². The van der Waals surface area contributed by atoms with Gasteiger partial charge in [-0.05, 0) is 12.1 Å². The van der Waals surface area contributed by atoms with Crippen molar-refractivity contribution in [1.29, 1.82) is 5.26 Å². The van der Waals surface area contributed by atoms with Crippen molar-refractivity contribution >= 4 is 29.1 Å². The van der Waals surface area contributed by atoms with Gasteiger partial charge < -0.3 is 15.4 Å². The third kappa shape index (κ3) is 3.64. The van der Waals surface area contributed by atoms with Crippen LogP contribution in [0.15, 0.2) is 18.2 Å². The fourth-order valence-electron chi connectivity index (χ4n) is 1.13. The van der Waals surface area contributed by atoms with E-state index in [4.69, 9.17) is 21.6 Å². The van der Waals surface area contributed by atoms with E-state index in [2.05, 4.69) is 10.6 Å². The Bertz CT molecular complexity index is 511. The average molecular weight is 268 g/mol. The van der Waals surface area contributed by atoms with Crippen molar-refractivity contribution in [2.75, 3.05) is 19.0 Å². The van der Waals surface area contributed by atoms with Gasteiger partial charge in [0.05, 0.1) is 18.2 Å². The molecule has 0 heterocycles. The molecule has 0 saturated carbocycles. The summed E-state index contributed by atoms with van der Waals surface area (Å²) in [5.74, 6) is -1.37. The maximum absolute atomic E-state index is 11.4. The molecule has 0 atom stereocenters. The zero-order valence-corrected chi connectivity index (χ0v) is 10.2. The van der Waals surface area contributed by atoms with Gasteiger partial charge in [0.1, 0.15) is 12.3 Å². The highest BCUT2D eigenvalue weighted by atomic mass is 35.5. The highest BCUT2D eigenvalue weighted by Gasteiger charge is 2.13. The van der Waals surface area contributed by atoms with Gasteiger partial charge in [-0.1, -0.05) is 11.6 Å². The number of hydrogen-bond donors (Lipinski definition) is 2. The van der Waals surface area contributed by atoms with E-state index in [0.29, 0.717) is 16.5 Å². The van der Waals surface area contributed by atoms with Gasteiger partial charge in [0.2, 0.25) is 0 Å². The van der Waals surface area contributed by atoms with Crippen LogP contribution in [0.5, 0.6) is 5.75 Å². The van der Waals surface area contributed by atoms with E-state index in [1.54, 1.807) is 6.07 Å². The highest BCUT2D eigenvalue weighted by molar-refractivity contribution is 6.39. The van der Waals surface area contributed by atoms with Gasteiger partial charge >= 0.3 is 11.8 Å². The molecular formula is C11H10ClN3O3. The largest absolute Gasteiger partial charge is 0.495 e. The molecule has 0 spiro atoms. The molecular weight excluding hydrogens is 258 g/mol. The number of amides is 2. The minimum atomic E-state index is -0.884. The molecule has 2 amide bonds. The number of rotatable bonds is 3. The molecule has 0 fully saturated rings. The number of methoxy groups -OCH3 is 1. The van der Waals surface area contributed by atoms with Gasteiger partial charge in [-0.25, -0.2) is 0 Å². The molecule has 1 rings (SSSR count). The first-order valence-corrected chi connectivity index (χ1v) is 5.26. The van der Waals surface area contributed by atoms with E-state index in [9.17, 15) is 9.59 Å². The first-order valence-electron chi connectivity index (χ1n) is 4.88. The monoisotopic (exact) mass is 267 g/mol. The maximum Gasteiger partial charge on any atom is 0.313 e. The van der Waals surface area contributed by atoms with Gasteiger partial charge in [-0.15, -0.1) is 0 Å². The molecule has 0 aliphatic rings. The Hall–Kier alpha value is -2.26. The summed E-state index contributed by atoms with van der Waals surface area (Å²) < 4.78 is 4.97. The molecule has 18 heavy (non-hydrogen) atoms. The number of carbonyl (C=O) groups excluding carboxylic acids is 2. The smallest absolute Gasteiger partial charge is 0.313 e. The lowest BCUT2D eigenvalue weighted by Gasteiger charge is -2.07. The Balaban J connectivity index is 2.70. The SMILES string of the molecule is COc1cc(NC(=O)C(=O)NCC#N)ccc1Cl. The lowest BCUT2D eigenvalue weighted by molar-refractivity contribution is -0.136. The van der Waals surface area contributed by atoms with E-state index in [1.807, 2.05) is 0 Å². The lowest BCUT2D eigenvalue weighted by atomic mass is 10.3. The van der Waals surface area contributed by atoms with Crippen molar-refractivity contribution in [3.05, 3.63) is 23.2 Å². The van der Waals surface area contributed by atoms with Crippen LogP contribution in [0.3, 0.4) is 0 Å². The molecule has 6 nitrogen and oxygen atoms in total. The van der Waals surface area contributed by atoms with Gasteiger partial charge in [-0.2, -0.15) is 5.26 Å². The molecule has 0 aliphatic heterocycles. The average Bonchev–Trinajstić information content (AvgIpc) is 2.37. The van der Waals surface area contributed by atoms with Gasteiger partial charge in [-0.3, -0.25) is 9.59 Å². The second kappa shape index (κ2) is 6.47. The van der Waals surface area contributed by atoms with Crippen LogP contribution in [0.4, 0.5) is 5.69 Å². The molecule has 0 aromatic heterocycles. The maximum atomic E-state index is 11.4. The molecule has 94 valence electrons. The van der Waals surface area contributed by atoms with E-state index in [-0.39, 0.29) is 6.54 Å². The third-order valence-corrected chi connectivity index (χ3v) is 2.26. The van der Waals surface area contributed by atoms with Crippen LogP contribution >= 0.6 is 11.6 Å². The standard InChI is InChI=1S/C11H10ClN3O3/c1-18-9-6-7(2-3-8(9)12)15-11(17)10(16)14-5-4-13/h2-3,6H,5H2,1H3,(H,14,16)(H,15,17). The Morgan fingerprint density at radius 3 is 2.78 bits per heavy atom. The molecule has 0 unspecified atom stereocenters. The normalized spacial score (nSPS) is 9.17. The first-order chi connectivity index (χ1) is 8.58.